The number of nitrogens with one attached hydrogen (secondary N) is 1. The molecule has 0 aliphatic heterocycles. The van der Waals surface area contributed by atoms with Gasteiger partial charge in [-0.15, -0.1) is 10.2 Å². The lowest BCUT2D eigenvalue weighted by Gasteiger charge is -2.10. The minimum atomic E-state index is -0.348. The predicted octanol–water partition coefficient (Wildman–Crippen LogP) is 1.13. The Morgan fingerprint density at radius 3 is 2.76 bits per heavy atom. The van der Waals surface area contributed by atoms with E-state index in [2.05, 4.69) is 20.5 Å². The van der Waals surface area contributed by atoms with Gasteiger partial charge in [0.1, 0.15) is 0 Å². The Labute approximate surface area is 145 Å². The number of hydrogen-bond donors (Lipinski definition) is 1. The summed E-state index contributed by atoms with van der Waals surface area (Å²) >= 11 is 0. The molecule has 25 heavy (non-hydrogen) atoms. The van der Waals surface area contributed by atoms with E-state index in [4.69, 9.17) is 4.74 Å². The maximum atomic E-state index is 12.2. The molecule has 1 N–H and O–H groups in total. The van der Waals surface area contributed by atoms with E-state index in [0.29, 0.717) is 24.9 Å². The molecule has 1 aliphatic carbocycles. The Kier molecular flexibility index (Phi) is 5.37. The molecule has 0 unspecified atom stereocenters. The molecule has 2 aromatic heterocycles. The molecular formula is C17H21N5O3. The molecule has 8 heteroatoms. The third kappa shape index (κ3) is 4.20. The lowest BCUT2D eigenvalue weighted by atomic mass is 10.0. The summed E-state index contributed by atoms with van der Waals surface area (Å²) < 4.78 is 6.40. The first kappa shape index (κ1) is 17.1. The summed E-state index contributed by atoms with van der Waals surface area (Å²) in [5, 5.41) is 10.2. The number of ether oxygens (including phenoxy) is 1. The van der Waals surface area contributed by atoms with Crippen molar-refractivity contribution in [3.63, 3.8) is 0 Å². The van der Waals surface area contributed by atoms with Crippen LogP contribution in [0.2, 0.25) is 0 Å². The van der Waals surface area contributed by atoms with Crippen LogP contribution in [0.15, 0.2) is 29.3 Å². The molecule has 0 bridgehead atoms. The van der Waals surface area contributed by atoms with Crippen molar-refractivity contribution in [2.45, 2.75) is 38.1 Å². The zero-order chi connectivity index (χ0) is 17.6. The van der Waals surface area contributed by atoms with Crippen molar-refractivity contribution in [3.8, 4) is 5.88 Å². The van der Waals surface area contributed by atoms with Crippen LogP contribution in [-0.4, -0.2) is 39.3 Å². The number of rotatable bonds is 6. The minimum Gasteiger partial charge on any atom is -0.480 e. The Balaban J connectivity index is 1.54. The fourth-order valence-electron chi connectivity index (χ4n) is 2.98. The van der Waals surface area contributed by atoms with Gasteiger partial charge in [-0.2, -0.15) is 0 Å². The molecule has 1 saturated carbocycles. The molecule has 132 valence electrons. The van der Waals surface area contributed by atoms with Gasteiger partial charge >= 0.3 is 0 Å². The molecule has 0 saturated heterocycles. The second kappa shape index (κ2) is 7.87. The van der Waals surface area contributed by atoms with Crippen LogP contribution in [0.3, 0.4) is 0 Å². The van der Waals surface area contributed by atoms with Crippen molar-refractivity contribution < 1.29 is 9.53 Å². The van der Waals surface area contributed by atoms with Crippen LogP contribution in [0.25, 0.3) is 0 Å². The van der Waals surface area contributed by atoms with Gasteiger partial charge in [0.15, 0.2) is 5.69 Å². The Bertz CT molecular complexity index is 782. The number of methoxy groups -OCH3 is 1. The van der Waals surface area contributed by atoms with Crippen molar-refractivity contribution >= 4 is 5.91 Å². The van der Waals surface area contributed by atoms with E-state index in [9.17, 15) is 9.59 Å². The average Bonchev–Trinajstić information content (AvgIpc) is 3.17. The molecule has 0 atom stereocenters. The first-order chi connectivity index (χ1) is 12.2. The van der Waals surface area contributed by atoms with Crippen LogP contribution >= 0.6 is 0 Å². The number of amides is 1. The van der Waals surface area contributed by atoms with Gasteiger partial charge in [-0.25, -0.2) is 4.98 Å². The van der Waals surface area contributed by atoms with Crippen molar-refractivity contribution in [1.82, 2.24) is 25.1 Å². The molecule has 8 nitrogen and oxygen atoms in total. The van der Waals surface area contributed by atoms with Crippen LogP contribution in [0.4, 0.5) is 0 Å². The number of aromatic nitrogens is 4. The maximum absolute atomic E-state index is 12.2. The fourth-order valence-corrected chi connectivity index (χ4v) is 2.98. The molecule has 0 radical (unpaired) electrons. The first-order valence-corrected chi connectivity index (χ1v) is 8.39. The minimum absolute atomic E-state index is 0.0876. The summed E-state index contributed by atoms with van der Waals surface area (Å²) in [6.07, 6.45) is 6.19. The number of hydrogen-bond acceptors (Lipinski definition) is 6. The summed E-state index contributed by atoms with van der Waals surface area (Å²) in [7, 11) is 1.48. The van der Waals surface area contributed by atoms with Crippen molar-refractivity contribution in [1.29, 1.82) is 0 Å². The lowest BCUT2D eigenvalue weighted by Crippen LogP contribution is -2.31. The summed E-state index contributed by atoms with van der Waals surface area (Å²) in [6, 6.07) is 4.72. The number of carbonyl (C=O) groups excluding carboxylic acids is 1. The van der Waals surface area contributed by atoms with Crippen LogP contribution in [0.1, 0.15) is 47.8 Å². The second-order valence-corrected chi connectivity index (χ2v) is 6.04. The lowest BCUT2D eigenvalue weighted by molar-refractivity contribution is 0.0946. The Morgan fingerprint density at radius 2 is 2.12 bits per heavy atom. The van der Waals surface area contributed by atoms with E-state index >= 15 is 0 Å². The molecular weight excluding hydrogens is 322 g/mol. The fraction of sp³-hybridized carbons (Fsp3) is 0.471. The van der Waals surface area contributed by atoms with Gasteiger partial charge in [0.25, 0.3) is 11.5 Å². The molecule has 1 aliphatic rings. The summed E-state index contributed by atoms with van der Waals surface area (Å²) in [5.41, 5.74) is 0.995. The highest BCUT2D eigenvalue weighted by Gasteiger charge is 2.18. The molecule has 2 aromatic rings. The van der Waals surface area contributed by atoms with E-state index < -0.39 is 0 Å². The SMILES string of the molecule is COc1ccc(C(=O)NCCn2cnc(C3CCCC3)cc2=O)nn1. The third-order valence-corrected chi connectivity index (χ3v) is 4.39. The van der Waals surface area contributed by atoms with Gasteiger partial charge < -0.3 is 10.1 Å². The monoisotopic (exact) mass is 343 g/mol. The Morgan fingerprint density at radius 1 is 1.32 bits per heavy atom. The normalized spacial score (nSPS) is 14.4. The summed E-state index contributed by atoms with van der Waals surface area (Å²) in [5.74, 6) is 0.408. The van der Waals surface area contributed by atoms with Gasteiger partial charge in [-0.1, -0.05) is 12.8 Å². The second-order valence-electron chi connectivity index (χ2n) is 6.04. The molecule has 0 spiro atoms. The van der Waals surface area contributed by atoms with Crippen LogP contribution < -0.4 is 15.6 Å². The topological polar surface area (TPSA) is 99.0 Å². The van der Waals surface area contributed by atoms with E-state index in [1.807, 2.05) is 0 Å². The largest absolute Gasteiger partial charge is 0.480 e. The van der Waals surface area contributed by atoms with E-state index in [1.165, 1.54) is 30.6 Å². The van der Waals surface area contributed by atoms with Crippen LogP contribution in [-0.2, 0) is 6.54 Å². The van der Waals surface area contributed by atoms with Gasteiger partial charge in [0.05, 0.1) is 19.1 Å². The highest BCUT2D eigenvalue weighted by Crippen LogP contribution is 2.32. The van der Waals surface area contributed by atoms with E-state index in [-0.39, 0.29) is 17.2 Å². The van der Waals surface area contributed by atoms with Gasteiger partial charge in [0.2, 0.25) is 5.88 Å². The average molecular weight is 343 g/mol. The van der Waals surface area contributed by atoms with Gasteiger partial charge in [0, 0.05) is 31.1 Å². The van der Waals surface area contributed by atoms with Crippen LogP contribution in [0, 0.1) is 0 Å². The zero-order valence-electron chi connectivity index (χ0n) is 14.1. The van der Waals surface area contributed by atoms with Crippen molar-refractivity contribution in [3.05, 3.63) is 46.3 Å². The maximum Gasteiger partial charge on any atom is 0.271 e. The molecule has 1 amide bonds. The van der Waals surface area contributed by atoms with E-state index in [0.717, 1.165) is 18.5 Å². The van der Waals surface area contributed by atoms with Gasteiger partial charge in [-0.05, 0) is 18.9 Å². The summed E-state index contributed by atoms with van der Waals surface area (Å²) in [4.78, 5) is 28.6. The Hall–Kier alpha value is -2.77. The van der Waals surface area contributed by atoms with Crippen LogP contribution in [0.5, 0.6) is 5.88 Å². The zero-order valence-corrected chi connectivity index (χ0v) is 14.1. The van der Waals surface area contributed by atoms with Crippen molar-refractivity contribution in [2.75, 3.05) is 13.7 Å². The van der Waals surface area contributed by atoms with E-state index in [1.54, 1.807) is 18.5 Å². The molecule has 0 aromatic carbocycles. The predicted molar refractivity (Wildman–Crippen MR) is 90.6 cm³/mol. The third-order valence-electron chi connectivity index (χ3n) is 4.39. The summed E-state index contributed by atoms with van der Waals surface area (Å²) in [6.45, 7) is 0.656. The first-order valence-electron chi connectivity index (χ1n) is 8.39. The smallest absolute Gasteiger partial charge is 0.271 e. The highest BCUT2D eigenvalue weighted by atomic mass is 16.5. The molecule has 1 fully saturated rings. The molecule has 2 heterocycles. The van der Waals surface area contributed by atoms with Crippen molar-refractivity contribution in [2.24, 2.45) is 0 Å². The number of carbonyl (C=O) groups is 1. The van der Waals surface area contributed by atoms with Gasteiger partial charge in [-0.3, -0.25) is 14.2 Å². The molecule has 3 rings (SSSR count). The highest BCUT2D eigenvalue weighted by molar-refractivity contribution is 5.92. The standard InChI is InChI=1S/C17H21N5O3/c1-25-15-7-6-13(20-21-15)17(24)18-8-9-22-11-19-14(10-16(22)23)12-4-2-3-5-12/h6-7,10-12H,2-5,8-9H2,1H3,(H,18,24). The number of nitrogens with zero attached hydrogens (tertiary/aromatic N) is 4. The quantitative estimate of drug-likeness (QED) is 0.844.